The van der Waals surface area contributed by atoms with Gasteiger partial charge in [0.15, 0.2) is 0 Å². The van der Waals surface area contributed by atoms with Crippen molar-refractivity contribution >= 4 is 23.0 Å². The normalized spacial score (nSPS) is 11.5. The van der Waals surface area contributed by atoms with Gasteiger partial charge >= 0.3 is 0 Å². The van der Waals surface area contributed by atoms with E-state index in [0.29, 0.717) is 10.6 Å². The Kier molecular flexibility index (Phi) is 5.08. The highest BCUT2D eigenvalue weighted by molar-refractivity contribution is 6.33. The van der Waals surface area contributed by atoms with Gasteiger partial charge in [-0.1, -0.05) is 24.6 Å². The third-order valence-corrected chi connectivity index (χ3v) is 3.44. The molecule has 0 heterocycles. The molecule has 108 valence electrons. The van der Waals surface area contributed by atoms with Crippen molar-refractivity contribution in [3.8, 4) is 11.8 Å². The van der Waals surface area contributed by atoms with E-state index in [9.17, 15) is 0 Å². The Morgan fingerprint density at radius 1 is 1.29 bits per heavy atom. The van der Waals surface area contributed by atoms with Crippen LogP contribution >= 0.6 is 11.6 Å². The van der Waals surface area contributed by atoms with Crippen LogP contribution in [-0.4, -0.2) is 6.10 Å². The highest BCUT2D eigenvalue weighted by Gasteiger charge is 2.05. The first kappa shape index (κ1) is 15.2. The number of hydrogen-bond acceptors (Lipinski definition) is 3. The summed E-state index contributed by atoms with van der Waals surface area (Å²) in [7, 11) is 0. The van der Waals surface area contributed by atoms with Crippen LogP contribution in [0.15, 0.2) is 42.5 Å². The number of hydrogen-bond donors (Lipinski definition) is 1. The molecule has 0 aliphatic carbocycles. The Balaban J connectivity index is 2.16. The number of nitrogens with zero attached hydrogens (tertiary/aromatic N) is 1. The van der Waals surface area contributed by atoms with Gasteiger partial charge in [0.2, 0.25) is 0 Å². The van der Waals surface area contributed by atoms with Crippen LogP contribution in [0, 0.1) is 11.3 Å². The largest absolute Gasteiger partial charge is 0.491 e. The minimum Gasteiger partial charge on any atom is -0.491 e. The molecule has 1 atom stereocenters. The molecule has 2 aromatic carbocycles. The summed E-state index contributed by atoms with van der Waals surface area (Å²) in [6, 6.07) is 15.0. The fourth-order valence-electron chi connectivity index (χ4n) is 1.80. The minimum absolute atomic E-state index is 0.179. The second-order valence-corrected chi connectivity index (χ2v) is 5.20. The predicted octanol–water partition coefficient (Wildman–Crippen LogP) is 5.13. The van der Waals surface area contributed by atoms with Crippen LogP contribution in [-0.2, 0) is 0 Å². The van der Waals surface area contributed by atoms with Gasteiger partial charge in [-0.2, -0.15) is 5.26 Å². The van der Waals surface area contributed by atoms with Gasteiger partial charge < -0.3 is 10.1 Å². The van der Waals surface area contributed by atoms with Crippen molar-refractivity contribution in [2.75, 3.05) is 5.32 Å². The molecule has 0 saturated heterocycles. The summed E-state index contributed by atoms with van der Waals surface area (Å²) in [5.74, 6) is 0.819. The third kappa shape index (κ3) is 4.14. The van der Waals surface area contributed by atoms with Gasteiger partial charge in [-0.25, -0.2) is 0 Å². The Morgan fingerprint density at radius 3 is 2.76 bits per heavy atom. The quantitative estimate of drug-likeness (QED) is 0.832. The Morgan fingerprint density at radius 2 is 2.10 bits per heavy atom. The first-order valence-electron chi connectivity index (χ1n) is 6.85. The lowest BCUT2D eigenvalue weighted by atomic mass is 10.2. The van der Waals surface area contributed by atoms with Crippen LogP contribution in [0.1, 0.15) is 25.8 Å². The van der Waals surface area contributed by atoms with E-state index < -0.39 is 0 Å². The molecule has 0 fully saturated rings. The first-order valence-corrected chi connectivity index (χ1v) is 7.23. The lowest BCUT2D eigenvalue weighted by molar-refractivity contribution is 0.217. The lowest BCUT2D eigenvalue weighted by Gasteiger charge is -2.14. The number of nitriles is 1. The van der Waals surface area contributed by atoms with E-state index in [-0.39, 0.29) is 6.10 Å². The van der Waals surface area contributed by atoms with Crippen LogP contribution in [0.25, 0.3) is 0 Å². The maximum absolute atomic E-state index is 8.84. The molecule has 21 heavy (non-hydrogen) atoms. The molecular formula is C17H17ClN2O. The zero-order valence-corrected chi connectivity index (χ0v) is 12.8. The predicted molar refractivity (Wildman–Crippen MR) is 86.3 cm³/mol. The van der Waals surface area contributed by atoms with Crippen LogP contribution in [0.3, 0.4) is 0 Å². The first-order chi connectivity index (χ1) is 10.1. The molecule has 0 bridgehead atoms. The standard InChI is InChI=1S/C17H17ClN2O/c1-3-12(2)21-15-6-4-5-14(10-15)20-17-8-7-13(11-19)9-16(17)18/h4-10,12,20H,3H2,1-2H3. The van der Waals surface area contributed by atoms with Crippen LogP contribution in [0.2, 0.25) is 5.02 Å². The molecule has 0 aliphatic rings. The van der Waals surface area contributed by atoms with E-state index in [0.717, 1.165) is 23.5 Å². The van der Waals surface area contributed by atoms with Gasteiger partial charge in [0.05, 0.1) is 28.4 Å². The summed E-state index contributed by atoms with van der Waals surface area (Å²) in [6.45, 7) is 4.13. The smallest absolute Gasteiger partial charge is 0.121 e. The van der Waals surface area contributed by atoms with Gasteiger partial charge in [0.1, 0.15) is 5.75 Å². The lowest BCUT2D eigenvalue weighted by Crippen LogP contribution is -2.09. The summed E-state index contributed by atoms with van der Waals surface area (Å²) in [6.07, 6.45) is 1.14. The molecule has 4 heteroatoms. The molecule has 3 nitrogen and oxygen atoms in total. The van der Waals surface area contributed by atoms with E-state index in [1.54, 1.807) is 18.2 Å². The average Bonchev–Trinajstić information content (AvgIpc) is 2.49. The molecule has 0 aliphatic heterocycles. The van der Waals surface area contributed by atoms with Crippen molar-refractivity contribution in [2.45, 2.75) is 26.4 Å². The van der Waals surface area contributed by atoms with Gasteiger partial charge in [-0.05, 0) is 43.7 Å². The zero-order chi connectivity index (χ0) is 15.2. The molecule has 2 rings (SSSR count). The summed E-state index contributed by atoms with van der Waals surface area (Å²) < 4.78 is 5.79. The maximum Gasteiger partial charge on any atom is 0.121 e. The van der Waals surface area contributed by atoms with Crippen molar-refractivity contribution in [2.24, 2.45) is 0 Å². The molecule has 2 aromatic rings. The molecule has 1 N–H and O–H groups in total. The van der Waals surface area contributed by atoms with E-state index in [1.807, 2.05) is 31.2 Å². The fraction of sp³-hybridized carbons (Fsp3) is 0.235. The molecule has 1 unspecified atom stereocenters. The number of halogens is 1. The molecular weight excluding hydrogens is 284 g/mol. The SMILES string of the molecule is CCC(C)Oc1cccc(Nc2ccc(C#N)cc2Cl)c1. The molecule has 0 spiro atoms. The van der Waals surface area contributed by atoms with E-state index >= 15 is 0 Å². The summed E-state index contributed by atoms with van der Waals surface area (Å²) in [4.78, 5) is 0. The zero-order valence-electron chi connectivity index (χ0n) is 12.1. The Labute approximate surface area is 130 Å². The van der Waals surface area contributed by atoms with Crippen molar-refractivity contribution in [1.29, 1.82) is 5.26 Å². The number of benzene rings is 2. The average molecular weight is 301 g/mol. The highest BCUT2D eigenvalue weighted by atomic mass is 35.5. The Bertz CT molecular complexity index is 664. The van der Waals surface area contributed by atoms with E-state index in [4.69, 9.17) is 21.6 Å². The van der Waals surface area contributed by atoms with Gasteiger partial charge in [0.25, 0.3) is 0 Å². The monoisotopic (exact) mass is 300 g/mol. The Hall–Kier alpha value is -2.18. The van der Waals surface area contributed by atoms with E-state index in [2.05, 4.69) is 18.3 Å². The topological polar surface area (TPSA) is 45.0 Å². The van der Waals surface area contributed by atoms with Crippen LogP contribution in [0.4, 0.5) is 11.4 Å². The molecule has 0 aromatic heterocycles. The minimum atomic E-state index is 0.179. The second kappa shape index (κ2) is 7.01. The van der Waals surface area contributed by atoms with Gasteiger partial charge in [0, 0.05) is 11.8 Å². The summed E-state index contributed by atoms with van der Waals surface area (Å²) in [5, 5.41) is 12.6. The van der Waals surface area contributed by atoms with E-state index in [1.165, 1.54) is 0 Å². The van der Waals surface area contributed by atoms with Crippen LogP contribution < -0.4 is 10.1 Å². The number of nitrogens with one attached hydrogen (secondary N) is 1. The van der Waals surface area contributed by atoms with Gasteiger partial charge in [-0.3, -0.25) is 0 Å². The number of ether oxygens (including phenoxy) is 1. The molecule has 0 saturated carbocycles. The van der Waals surface area contributed by atoms with Crippen molar-refractivity contribution in [3.05, 3.63) is 53.1 Å². The number of rotatable bonds is 5. The fourth-order valence-corrected chi connectivity index (χ4v) is 2.03. The summed E-state index contributed by atoms with van der Waals surface area (Å²) in [5.41, 5.74) is 2.19. The second-order valence-electron chi connectivity index (χ2n) is 4.80. The van der Waals surface area contributed by atoms with Crippen molar-refractivity contribution in [1.82, 2.24) is 0 Å². The molecule has 0 amide bonds. The highest BCUT2D eigenvalue weighted by Crippen LogP contribution is 2.28. The van der Waals surface area contributed by atoms with Crippen LogP contribution in [0.5, 0.6) is 5.75 Å². The van der Waals surface area contributed by atoms with Crippen molar-refractivity contribution < 1.29 is 4.74 Å². The van der Waals surface area contributed by atoms with Gasteiger partial charge in [-0.15, -0.1) is 0 Å². The number of anilines is 2. The summed E-state index contributed by atoms with van der Waals surface area (Å²) >= 11 is 6.16. The van der Waals surface area contributed by atoms with Crippen molar-refractivity contribution in [3.63, 3.8) is 0 Å². The maximum atomic E-state index is 8.84. The molecule has 0 radical (unpaired) electrons. The third-order valence-electron chi connectivity index (χ3n) is 3.12.